The Hall–Kier alpha value is -1.76. The fourth-order valence-corrected chi connectivity index (χ4v) is 1.93. The summed E-state index contributed by atoms with van der Waals surface area (Å²) >= 11 is 0. The van der Waals surface area contributed by atoms with Crippen molar-refractivity contribution in [3.63, 3.8) is 0 Å². The Morgan fingerprint density at radius 2 is 2.28 bits per heavy atom. The van der Waals surface area contributed by atoms with Crippen molar-refractivity contribution in [1.82, 2.24) is 15.0 Å². The zero-order chi connectivity index (χ0) is 13.3. The van der Waals surface area contributed by atoms with Crippen LogP contribution in [0.2, 0.25) is 0 Å². The van der Waals surface area contributed by atoms with E-state index in [4.69, 9.17) is 5.11 Å². The second-order valence-electron chi connectivity index (χ2n) is 4.09. The zero-order valence-electron chi connectivity index (χ0n) is 10.0. The molecule has 1 aromatic heterocycles. The maximum absolute atomic E-state index is 11.3. The van der Waals surface area contributed by atoms with Crippen LogP contribution in [-0.2, 0) is 17.3 Å². The van der Waals surface area contributed by atoms with Crippen molar-refractivity contribution in [3.05, 3.63) is 23.8 Å². The summed E-state index contributed by atoms with van der Waals surface area (Å²) in [6.07, 6.45) is 1.63. The van der Waals surface area contributed by atoms with E-state index in [1.54, 1.807) is 17.0 Å². The standard InChI is InChI=1S/C11H13N3O3S/c1-7(18(2)17)6-14-10-5-8(11(15)16)3-4-9(10)12-13-14/h3-5,7H,6H2,1-2H3,(H,15,16). The van der Waals surface area contributed by atoms with E-state index in [-0.39, 0.29) is 10.8 Å². The highest BCUT2D eigenvalue weighted by Crippen LogP contribution is 2.14. The van der Waals surface area contributed by atoms with Gasteiger partial charge in [-0.15, -0.1) is 5.10 Å². The molecule has 0 aliphatic heterocycles. The van der Waals surface area contributed by atoms with Gasteiger partial charge in [0.15, 0.2) is 0 Å². The first-order chi connectivity index (χ1) is 8.49. The third kappa shape index (κ3) is 2.40. The fourth-order valence-electron chi connectivity index (χ4n) is 1.58. The van der Waals surface area contributed by atoms with Crippen LogP contribution < -0.4 is 0 Å². The van der Waals surface area contributed by atoms with Gasteiger partial charge in [-0.25, -0.2) is 9.48 Å². The number of hydrogen-bond donors (Lipinski definition) is 1. The van der Waals surface area contributed by atoms with Gasteiger partial charge in [0, 0.05) is 17.1 Å². The molecule has 7 heteroatoms. The number of benzene rings is 1. The van der Waals surface area contributed by atoms with Gasteiger partial charge in [0.05, 0.1) is 22.9 Å². The van der Waals surface area contributed by atoms with E-state index in [9.17, 15) is 9.00 Å². The fraction of sp³-hybridized carbons (Fsp3) is 0.364. The van der Waals surface area contributed by atoms with Crippen LogP contribution in [0.3, 0.4) is 0 Å². The number of nitrogens with zero attached hydrogens (tertiary/aromatic N) is 3. The summed E-state index contributed by atoms with van der Waals surface area (Å²) in [6.45, 7) is 2.30. The number of carbonyl (C=O) groups is 1. The van der Waals surface area contributed by atoms with E-state index in [0.29, 0.717) is 17.6 Å². The molecule has 2 unspecified atom stereocenters. The molecule has 1 N–H and O–H groups in total. The quantitative estimate of drug-likeness (QED) is 0.889. The topological polar surface area (TPSA) is 85.1 Å². The smallest absolute Gasteiger partial charge is 0.335 e. The molecule has 0 amide bonds. The average Bonchev–Trinajstić information content (AvgIpc) is 2.71. The molecule has 0 aliphatic rings. The first kappa shape index (κ1) is 12.7. The first-order valence-electron chi connectivity index (χ1n) is 5.38. The average molecular weight is 267 g/mol. The summed E-state index contributed by atoms with van der Waals surface area (Å²) in [4.78, 5) is 10.9. The minimum absolute atomic E-state index is 0.0663. The number of aromatic nitrogens is 3. The Balaban J connectivity index is 2.42. The van der Waals surface area contributed by atoms with Crippen molar-refractivity contribution in [2.45, 2.75) is 18.7 Å². The van der Waals surface area contributed by atoms with Crippen LogP contribution in [0.4, 0.5) is 0 Å². The largest absolute Gasteiger partial charge is 0.478 e. The van der Waals surface area contributed by atoms with Crippen molar-refractivity contribution in [2.75, 3.05) is 6.26 Å². The molecule has 0 bridgehead atoms. The Bertz CT molecular complexity index is 623. The third-order valence-electron chi connectivity index (χ3n) is 2.76. The monoisotopic (exact) mass is 267 g/mol. The molecule has 0 saturated carbocycles. The van der Waals surface area contributed by atoms with Crippen LogP contribution in [-0.4, -0.2) is 41.8 Å². The molecular formula is C11H13N3O3S. The van der Waals surface area contributed by atoms with Crippen molar-refractivity contribution in [3.8, 4) is 0 Å². The molecule has 1 aromatic carbocycles. The van der Waals surface area contributed by atoms with Gasteiger partial charge in [0.2, 0.25) is 0 Å². The third-order valence-corrected chi connectivity index (χ3v) is 4.04. The van der Waals surface area contributed by atoms with Crippen LogP contribution in [0.25, 0.3) is 11.0 Å². The van der Waals surface area contributed by atoms with E-state index in [1.165, 1.54) is 12.1 Å². The molecule has 0 saturated heterocycles. The lowest BCUT2D eigenvalue weighted by molar-refractivity contribution is 0.0697. The molecule has 6 nitrogen and oxygen atoms in total. The summed E-state index contributed by atoms with van der Waals surface area (Å²) in [6, 6.07) is 4.64. The Morgan fingerprint density at radius 1 is 1.56 bits per heavy atom. The van der Waals surface area contributed by atoms with Crippen molar-refractivity contribution in [1.29, 1.82) is 0 Å². The lowest BCUT2D eigenvalue weighted by atomic mass is 10.2. The van der Waals surface area contributed by atoms with Gasteiger partial charge >= 0.3 is 5.97 Å². The van der Waals surface area contributed by atoms with Crippen molar-refractivity contribution >= 4 is 27.8 Å². The highest BCUT2D eigenvalue weighted by molar-refractivity contribution is 7.84. The molecule has 0 fully saturated rings. The summed E-state index contributed by atoms with van der Waals surface area (Å²) < 4.78 is 12.9. The van der Waals surface area contributed by atoms with Gasteiger partial charge in [0.1, 0.15) is 5.52 Å². The molecule has 2 rings (SSSR count). The van der Waals surface area contributed by atoms with Gasteiger partial charge in [-0.1, -0.05) is 5.21 Å². The summed E-state index contributed by atoms with van der Waals surface area (Å²) in [7, 11) is -0.957. The number of carboxylic acid groups (broad SMARTS) is 1. The van der Waals surface area contributed by atoms with Gasteiger partial charge in [-0.2, -0.15) is 0 Å². The second-order valence-corrected chi connectivity index (χ2v) is 5.89. The van der Waals surface area contributed by atoms with E-state index in [0.717, 1.165) is 0 Å². The second kappa shape index (κ2) is 4.85. The van der Waals surface area contributed by atoms with Crippen molar-refractivity contribution < 1.29 is 14.1 Å². The van der Waals surface area contributed by atoms with E-state index < -0.39 is 16.8 Å². The van der Waals surface area contributed by atoms with E-state index in [2.05, 4.69) is 10.3 Å². The molecule has 2 atom stereocenters. The van der Waals surface area contributed by atoms with Crippen LogP contribution in [0, 0.1) is 0 Å². The van der Waals surface area contributed by atoms with Crippen LogP contribution in [0.5, 0.6) is 0 Å². The van der Waals surface area contributed by atoms with Gasteiger partial charge < -0.3 is 5.11 Å². The number of rotatable bonds is 4. The highest BCUT2D eigenvalue weighted by atomic mass is 32.2. The molecule has 1 heterocycles. The molecule has 18 heavy (non-hydrogen) atoms. The maximum Gasteiger partial charge on any atom is 0.335 e. The zero-order valence-corrected chi connectivity index (χ0v) is 10.8. The predicted molar refractivity (Wildman–Crippen MR) is 68.0 cm³/mol. The highest BCUT2D eigenvalue weighted by Gasteiger charge is 2.13. The Kier molecular flexibility index (Phi) is 3.42. The summed E-state index contributed by atoms with van der Waals surface area (Å²) in [5.41, 5.74) is 1.47. The lowest BCUT2D eigenvalue weighted by Gasteiger charge is -2.08. The molecule has 0 spiro atoms. The molecule has 0 radical (unpaired) electrons. The maximum atomic E-state index is 11.3. The number of fused-ring (bicyclic) bond motifs is 1. The first-order valence-corrected chi connectivity index (χ1v) is 7.00. The molecule has 0 aliphatic carbocycles. The predicted octanol–water partition coefficient (Wildman–Crippen LogP) is 0.897. The Labute approximate surface area is 106 Å². The lowest BCUT2D eigenvalue weighted by Crippen LogP contribution is -2.18. The molecule has 96 valence electrons. The molecule has 2 aromatic rings. The van der Waals surface area contributed by atoms with Gasteiger partial charge in [0.25, 0.3) is 0 Å². The van der Waals surface area contributed by atoms with Gasteiger partial charge in [-0.3, -0.25) is 4.21 Å². The number of carboxylic acids is 1. The number of hydrogen-bond acceptors (Lipinski definition) is 4. The van der Waals surface area contributed by atoms with E-state index in [1.807, 2.05) is 6.92 Å². The summed E-state index contributed by atoms with van der Waals surface area (Å²) in [5.74, 6) is -0.989. The summed E-state index contributed by atoms with van der Waals surface area (Å²) in [5, 5.41) is 16.8. The minimum Gasteiger partial charge on any atom is -0.478 e. The minimum atomic E-state index is -0.989. The van der Waals surface area contributed by atoms with Crippen LogP contribution >= 0.6 is 0 Å². The van der Waals surface area contributed by atoms with Gasteiger partial charge in [-0.05, 0) is 25.1 Å². The van der Waals surface area contributed by atoms with Crippen molar-refractivity contribution in [2.24, 2.45) is 0 Å². The number of aromatic carboxylic acids is 1. The normalized spacial score (nSPS) is 14.6. The SMILES string of the molecule is CC(Cn1nnc2ccc(C(=O)O)cc21)S(C)=O. The van der Waals surface area contributed by atoms with E-state index >= 15 is 0 Å². The molecular weight excluding hydrogens is 254 g/mol. The Morgan fingerprint density at radius 3 is 2.89 bits per heavy atom. The van der Waals surface area contributed by atoms with Crippen LogP contribution in [0.15, 0.2) is 18.2 Å². The van der Waals surface area contributed by atoms with Crippen LogP contribution in [0.1, 0.15) is 17.3 Å².